The smallest absolute Gasteiger partial charge is 0.407 e. The third kappa shape index (κ3) is 12.9. The summed E-state index contributed by atoms with van der Waals surface area (Å²) in [7, 11) is 0. The maximum atomic E-state index is 12.8. The summed E-state index contributed by atoms with van der Waals surface area (Å²) in [5, 5.41) is 26.3. The number of nitrogens with zero attached hydrogens (tertiary/aromatic N) is 4. The highest BCUT2D eigenvalue weighted by atomic mass is 35.5. The van der Waals surface area contributed by atoms with Gasteiger partial charge in [-0.2, -0.15) is 10.5 Å². The van der Waals surface area contributed by atoms with E-state index < -0.39 is 29.6 Å². The first-order valence-electron chi connectivity index (χ1n) is 17.8. The van der Waals surface area contributed by atoms with E-state index in [1.54, 1.807) is 69.3 Å². The van der Waals surface area contributed by atoms with Crippen molar-refractivity contribution in [2.45, 2.75) is 76.3 Å². The second kappa shape index (κ2) is 20.2. The lowest BCUT2D eigenvalue weighted by molar-refractivity contribution is -0.148. The molecular weight excluding hydrogens is 758 g/mol. The molecule has 0 unspecified atom stereocenters. The topological polar surface area (TPSA) is 215 Å². The maximum absolute atomic E-state index is 12.8. The Labute approximate surface area is 335 Å². The summed E-state index contributed by atoms with van der Waals surface area (Å²) in [6.07, 6.45) is 1.62. The number of carbonyl (C=O) groups is 3. The van der Waals surface area contributed by atoms with Crippen molar-refractivity contribution in [1.82, 2.24) is 20.6 Å². The van der Waals surface area contributed by atoms with Gasteiger partial charge in [0.1, 0.15) is 52.2 Å². The molecule has 4 aromatic rings. The molecule has 0 fully saturated rings. The molecule has 0 radical (unpaired) electrons. The molecule has 4 N–H and O–H groups in total. The zero-order chi connectivity index (χ0) is 40.8. The van der Waals surface area contributed by atoms with E-state index in [0.717, 1.165) is 5.56 Å². The van der Waals surface area contributed by atoms with Crippen LogP contribution in [-0.4, -0.2) is 59.3 Å². The number of hydrogen-bond acceptors (Lipinski definition) is 13. The van der Waals surface area contributed by atoms with Crippen LogP contribution in [0.25, 0.3) is 22.6 Å². The molecular formula is C40H44ClN7O7S. The van der Waals surface area contributed by atoms with E-state index >= 15 is 0 Å². The van der Waals surface area contributed by atoms with Crippen LogP contribution in [0.1, 0.15) is 70.7 Å². The van der Waals surface area contributed by atoms with Crippen molar-refractivity contribution in [3.8, 4) is 40.5 Å². The number of ether oxygens (including phenoxy) is 3. The van der Waals surface area contributed by atoms with Crippen LogP contribution in [0, 0.1) is 28.6 Å². The number of nitriles is 2. The largest absolute Gasteiger partial charge is 0.493 e. The number of pyridine rings is 1. The van der Waals surface area contributed by atoms with Crippen molar-refractivity contribution < 1.29 is 33.0 Å². The van der Waals surface area contributed by atoms with Crippen LogP contribution >= 0.6 is 23.4 Å². The van der Waals surface area contributed by atoms with E-state index in [-0.39, 0.29) is 49.0 Å². The fourth-order valence-corrected chi connectivity index (χ4v) is 6.21. The van der Waals surface area contributed by atoms with Crippen molar-refractivity contribution in [2.75, 3.05) is 25.5 Å². The first kappa shape index (κ1) is 43.0. The molecule has 56 heavy (non-hydrogen) atoms. The Morgan fingerprint density at radius 2 is 1.66 bits per heavy atom. The SMILES string of the molecule is CC(C)C[C@H](NC(=O)CCNC(=O)OC(C)(C)C)C(=O)OCCCOc1ccc(-c2c(C#N)c(N)nc(SCc3coc(-c4ccc(Cl)cc4)n3)c2C#N)cc1. The van der Waals surface area contributed by atoms with Gasteiger partial charge in [-0.3, -0.25) is 4.79 Å². The van der Waals surface area contributed by atoms with E-state index in [1.807, 2.05) is 13.8 Å². The number of aromatic nitrogens is 2. The number of thioether (sulfide) groups is 1. The van der Waals surface area contributed by atoms with Gasteiger partial charge in [-0.15, -0.1) is 0 Å². The Hall–Kier alpha value is -5.77. The monoisotopic (exact) mass is 801 g/mol. The Kier molecular flexibility index (Phi) is 15.5. The Morgan fingerprint density at radius 3 is 2.30 bits per heavy atom. The average Bonchev–Trinajstić information content (AvgIpc) is 3.62. The number of alkyl carbamates (subject to hydrolysis) is 1. The molecule has 2 amide bonds. The van der Waals surface area contributed by atoms with Gasteiger partial charge in [0.05, 0.1) is 24.5 Å². The van der Waals surface area contributed by atoms with Crippen molar-refractivity contribution in [1.29, 1.82) is 10.5 Å². The zero-order valence-corrected chi connectivity index (χ0v) is 33.4. The van der Waals surface area contributed by atoms with Gasteiger partial charge in [0, 0.05) is 41.3 Å². The van der Waals surface area contributed by atoms with Crippen molar-refractivity contribution in [3.63, 3.8) is 0 Å². The highest BCUT2D eigenvalue weighted by Crippen LogP contribution is 2.37. The number of esters is 1. The summed E-state index contributed by atoms with van der Waals surface area (Å²) in [6, 6.07) is 17.4. The molecule has 14 nitrogen and oxygen atoms in total. The number of oxazole rings is 1. The number of anilines is 1. The van der Waals surface area contributed by atoms with Crippen molar-refractivity contribution in [3.05, 3.63) is 76.6 Å². The molecule has 2 aromatic carbocycles. The summed E-state index contributed by atoms with van der Waals surface area (Å²) in [6.45, 7) is 9.42. The molecule has 2 aromatic heterocycles. The van der Waals surface area contributed by atoms with Crippen LogP contribution in [0.5, 0.6) is 5.75 Å². The highest BCUT2D eigenvalue weighted by molar-refractivity contribution is 7.98. The maximum Gasteiger partial charge on any atom is 0.407 e. The highest BCUT2D eigenvalue weighted by Gasteiger charge is 2.24. The molecule has 16 heteroatoms. The molecule has 0 spiro atoms. The predicted octanol–water partition coefficient (Wildman–Crippen LogP) is 7.43. The summed E-state index contributed by atoms with van der Waals surface area (Å²) < 4.78 is 22.1. The number of benzene rings is 2. The number of nitrogens with two attached hydrogens (primary N) is 1. The lowest BCUT2D eigenvalue weighted by Crippen LogP contribution is -2.44. The van der Waals surface area contributed by atoms with Gasteiger partial charge < -0.3 is 35.0 Å². The third-order valence-corrected chi connectivity index (χ3v) is 8.97. The molecule has 1 atom stereocenters. The molecule has 0 bridgehead atoms. The Morgan fingerprint density at radius 1 is 0.982 bits per heavy atom. The second-order valence-electron chi connectivity index (χ2n) is 13.9. The molecule has 294 valence electrons. The van der Waals surface area contributed by atoms with E-state index in [1.165, 1.54) is 18.0 Å². The number of nitrogens with one attached hydrogen (secondary N) is 2. The molecule has 0 aliphatic carbocycles. The fourth-order valence-electron chi connectivity index (χ4n) is 5.22. The van der Waals surface area contributed by atoms with Crippen LogP contribution < -0.4 is 21.1 Å². The normalized spacial score (nSPS) is 11.6. The molecule has 0 aliphatic rings. The number of amides is 2. The van der Waals surface area contributed by atoms with Gasteiger partial charge in [-0.05, 0) is 75.1 Å². The van der Waals surface area contributed by atoms with Gasteiger partial charge in [-0.1, -0.05) is 49.3 Å². The van der Waals surface area contributed by atoms with Crippen LogP contribution in [0.4, 0.5) is 10.6 Å². The number of rotatable bonds is 17. The van der Waals surface area contributed by atoms with Crippen LogP contribution in [0.15, 0.2) is 64.2 Å². The van der Waals surface area contributed by atoms with Crippen molar-refractivity contribution >= 4 is 47.2 Å². The minimum atomic E-state index is -0.842. The second-order valence-corrected chi connectivity index (χ2v) is 15.3. The Bertz CT molecular complexity index is 2070. The number of halogens is 1. The van der Waals surface area contributed by atoms with Gasteiger partial charge in [0.15, 0.2) is 0 Å². The molecule has 0 saturated heterocycles. The average molecular weight is 802 g/mol. The predicted molar refractivity (Wildman–Crippen MR) is 211 cm³/mol. The first-order chi connectivity index (χ1) is 26.7. The minimum Gasteiger partial charge on any atom is -0.493 e. The van der Waals surface area contributed by atoms with E-state index in [9.17, 15) is 24.9 Å². The lowest BCUT2D eigenvalue weighted by Gasteiger charge is -2.20. The molecule has 2 heterocycles. The van der Waals surface area contributed by atoms with Crippen molar-refractivity contribution in [2.24, 2.45) is 5.92 Å². The van der Waals surface area contributed by atoms with Crippen LogP contribution in [0.2, 0.25) is 5.02 Å². The summed E-state index contributed by atoms with van der Waals surface area (Å²) in [5.74, 6) is 0.404. The number of hydrogen-bond donors (Lipinski definition) is 3. The fraction of sp³-hybridized carbons (Fsp3) is 0.375. The number of carbonyl (C=O) groups excluding carboxylic acids is 3. The van der Waals surface area contributed by atoms with Crippen LogP contribution in [0.3, 0.4) is 0 Å². The van der Waals surface area contributed by atoms with E-state index in [4.69, 9.17) is 36.0 Å². The zero-order valence-electron chi connectivity index (χ0n) is 31.8. The lowest BCUT2D eigenvalue weighted by atomic mass is 9.97. The summed E-state index contributed by atoms with van der Waals surface area (Å²) in [5.41, 5.74) is 8.14. The number of nitrogen functional groups attached to an aromatic ring is 1. The quantitative estimate of drug-likeness (QED) is 0.0538. The van der Waals surface area contributed by atoms with Crippen LogP contribution in [-0.2, 0) is 24.8 Å². The van der Waals surface area contributed by atoms with Gasteiger partial charge >= 0.3 is 12.1 Å². The summed E-state index contributed by atoms with van der Waals surface area (Å²) in [4.78, 5) is 46.1. The summed E-state index contributed by atoms with van der Waals surface area (Å²) >= 11 is 7.23. The van der Waals surface area contributed by atoms with Gasteiger partial charge in [-0.25, -0.2) is 19.6 Å². The van der Waals surface area contributed by atoms with E-state index in [2.05, 4.69) is 32.7 Å². The first-order valence-corrected chi connectivity index (χ1v) is 19.2. The third-order valence-electron chi connectivity index (χ3n) is 7.71. The Balaban J connectivity index is 1.30. The van der Waals surface area contributed by atoms with Gasteiger partial charge in [0.25, 0.3) is 0 Å². The minimum absolute atomic E-state index is 0.00807. The van der Waals surface area contributed by atoms with Gasteiger partial charge in [0.2, 0.25) is 11.8 Å². The molecule has 4 rings (SSSR count). The molecule has 0 saturated carbocycles. The molecule has 0 aliphatic heterocycles. The standard InChI is InChI=1S/C40H44ClN7O7S/c1-24(2)19-32(47-33(49)15-16-45-39(51)55-40(3,4)5)38(50)53-18-6-17-52-29-13-9-25(10-14-29)34-30(20-42)35(44)48-37(31(34)21-43)56-23-28-22-54-36(46-28)26-7-11-27(41)12-8-26/h7-14,22,24,32H,6,15-19,23H2,1-5H3,(H2,44,48)(H,45,51)(H,47,49)/t32-/m0/s1. The van der Waals surface area contributed by atoms with E-state index in [0.29, 0.717) is 57.1 Å².